The number of nitrogens with one attached hydrogen (secondary N) is 2. The van der Waals surface area contributed by atoms with Crippen LogP contribution in [0.25, 0.3) is 0 Å². The standard InChI is InChI=1S/C13H13N3O4/c1-20-12-6-10(16(18)19)2-3-11(12)13(17)15-8-9-4-5-14-7-9/h2-7,14H,8H2,1H3,(H,15,17). The molecule has 0 aliphatic heterocycles. The van der Waals surface area contributed by atoms with Crippen LogP contribution >= 0.6 is 0 Å². The minimum Gasteiger partial charge on any atom is -0.496 e. The Balaban J connectivity index is 2.14. The Hall–Kier alpha value is -2.83. The highest BCUT2D eigenvalue weighted by atomic mass is 16.6. The lowest BCUT2D eigenvalue weighted by Gasteiger charge is -2.08. The summed E-state index contributed by atoms with van der Waals surface area (Å²) >= 11 is 0. The summed E-state index contributed by atoms with van der Waals surface area (Å²) in [6.07, 6.45) is 3.53. The number of ether oxygens (including phenoxy) is 1. The first-order chi connectivity index (χ1) is 9.61. The van der Waals surface area contributed by atoms with Crippen LogP contribution < -0.4 is 10.1 Å². The third kappa shape index (κ3) is 2.94. The first-order valence-corrected chi connectivity index (χ1v) is 5.84. The fourth-order valence-electron chi connectivity index (χ4n) is 1.73. The van der Waals surface area contributed by atoms with Crippen molar-refractivity contribution < 1.29 is 14.5 Å². The van der Waals surface area contributed by atoms with E-state index in [1.54, 1.807) is 12.4 Å². The van der Waals surface area contributed by atoms with Gasteiger partial charge >= 0.3 is 0 Å². The number of benzene rings is 1. The topological polar surface area (TPSA) is 97.3 Å². The number of amides is 1. The van der Waals surface area contributed by atoms with E-state index in [1.807, 2.05) is 6.07 Å². The van der Waals surface area contributed by atoms with E-state index in [-0.39, 0.29) is 22.9 Å². The molecule has 2 rings (SSSR count). The molecule has 1 aromatic heterocycles. The van der Waals surface area contributed by atoms with Crippen molar-refractivity contribution in [3.05, 3.63) is 57.9 Å². The summed E-state index contributed by atoms with van der Waals surface area (Å²) in [7, 11) is 1.36. The number of H-pyrrole nitrogens is 1. The van der Waals surface area contributed by atoms with Gasteiger partial charge in [-0.05, 0) is 17.7 Å². The zero-order valence-corrected chi connectivity index (χ0v) is 10.8. The molecule has 0 saturated heterocycles. The van der Waals surface area contributed by atoms with Gasteiger partial charge in [-0.15, -0.1) is 0 Å². The normalized spacial score (nSPS) is 10.1. The first kappa shape index (κ1) is 13.6. The number of non-ortho nitro benzene ring substituents is 1. The number of hydrogen-bond donors (Lipinski definition) is 2. The largest absolute Gasteiger partial charge is 0.496 e. The van der Waals surface area contributed by atoms with Crippen LogP contribution in [0.4, 0.5) is 5.69 Å². The molecule has 1 amide bonds. The van der Waals surface area contributed by atoms with E-state index in [4.69, 9.17) is 4.74 Å². The molecule has 0 bridgehead atoms. The number of nitro benzene ring substituents is 1. The maximum Gasteiger partial charge on any atom is 0.273 e. The maximum atomic E-state index is 12.0. The molecule has 104 valence electrons. The summed E-state index contributed by atoms with van der Waals surface area (Å²) in [5.41, 5.74) is 1.07. The van der Waals surface area contributed by atoms with Crippen molar-refractivity contribution in [3.8, 4) is 5.75 Å². The average Bonchev–Trinajstić information content (AvgIpc) is 2.97. The summed E-state index contributed by atoms with van der Waals surface area (Å²) in [6, 6.07) is 5.72. The first-order valence-electron chi connectivity index (χ1n) is 5.84. The van der Waals surface area contributed by atoms with Gasteiger partial charge in [0.15, 0.2) is 0 Å². The lowest BCUT2D eigenvalue weighted by Crippen LogP contribution is -2.23. The number of nitro groups is 1. The molecule has 0 fully saturated rings. The minimum atomic E-state index is -0.538. The molecule has 7 nitrogen and oxygen atoms in total. The highest BCUT2D eigenvalue weighted by molar-refractivity contribution is 5.97. The van der Waals surface area contributed by atoms with Gasteiger partial charge in [0.05, 0.1) is 23.7 Å². The third-order valence-corrected chi connectivity index (χ3v) is 2.76. The quantitative estimate of drug-likeness (QED) is 0.642. The van der Waals surface area contributed by atoms with E-state index < -0.39 is 4.92 Å². The highest BCUT2D eigenvalue weighted by Gasteiger charge is 2.16. The van der Waals surface area contributed by atoms with Crippen LogP contribution in [-0.2, 0) is 6.54 Å². The van der Waals surface area contributed by atoms with Crippen molar-refractivity contribution in [2.45, 2.75) is 6.54 Å². The lowest BCUT2D eigenvalue weighted by atomic mass is 10.1. The van der Waals surface area contributed by atoms with Gasteiger partial charge in [0, 0.05) is 25.0 Å². The molecule has 0 spiro atoms. The van der Waals surface area contributed by atoms with Crippen molar-refractivity contribution in [2.24, 2.45) is 0 Å². The van der Waals surface area contributed by atoms with Gasteiger partial charge in [0.25, 0.3) is 11.6 Å². The second kappa shape index (κ2) is 5.87. The fourth-order valence-corrected chi connectivity index (χ4v) is 1.73. The van der Waals surface area contributed by atoms with E-state index in [1.165, 1.54) is 25.3 Å². The zero-order chi connectivity index (χ0) is 14.5. The van der Waals surface area contributed by atoms with E-state index in [2.05, 4.69) is 10.3 Å². The molecule has 20 heavy (non-hydrogen) atoms. The van der Waals surface area contributed by atoms with E-state index >= 15 is 0 Å². The monoisotopic (exact) mass is 275 g/mol. The summed E-state index contributed by atoms with van der Waals surface area (Å²) in [4.78, 5) is 25.1. The van der Waals surface area contributed by atoms with Crippen molar-refractivity contribution >= 4 is 11.6 Å². The van der Waals surface area contributed by atoms with Gasteiger partial charge in [-0.2, -0.15) is 0 Å². The van der Waals surface area contributed by atoms with Crippen LogP contribution in [-0.4, -0.2) is 22.9 Å². The average molecular weight is 275 g/mol. The number of aromatic nitrogens is 1. The van der Waals surface area contributed by atoms with E-state index in [0.717, 1.165) is 5.56 Å². The molecular formula is C13H13N3O4. The van der Waals surface area contributed by atoms with Crippen LogP contribution in [0.1, 0.15) is 15.9 Å². The Morgan fingerprint density at radius 3 is 2.85 bits per heavy atom. The maximum absolute atomic E-state index is 12.0. The molecule has 1 aromatic carbocycles. The van der Waals surface area contributed by atoms with Gasteiger partial charge in [0.2, 0.25) is 0 Å². The molecular weight excluding hydrogens is 262 g/mol. The molecule has 0 saturated carbocycles. The summed E-state index contributed by atoms with van der Waals surface area (Å²) < 4.78 is 5.02. The van der Waals surface area contributed by atoms with Crippen LogP contribution in [0.2, 0.25) is 0 Å². The lowest BCUT2D eigenvalue weighted by molar-refractivity contribution is -0.384. The Labute approximate surface area is 114 Å². The van der Waals surface area contributed by atoms with Gasteiger partial charge in [-0.3, -0.25) is 14.9 Å². The van der Waals surface area contributed by atoms with Crippen molar-refractivity contribution in [1.29, 1.82) is 0 Å². The summed E-state index contributed by atoms with van der Waals surface area (Å²) in [5, 5.41) is 13.4. The Bertz CT molecular complexity index is 623. The fraction of sp³-hybridized carbons (Fsp3) is 0.154. The Kier molecular flexibility index (Phi) is 3.99. The van der Waals surface area contributed by atoms with Gasteiger partial charge in [0.1, 0.15) is 5.75 Å². The number of hydrogen-bond acceptors (Lipinski definition) is 4. The number of methoxy groups -OCH3 is 1. The molecule has 2 N–H and O–H groups in total. The van der Waals surface area contributed by atoms with Crippen LogP contribution in [0.3, 0.4) is 0 Å². The molecule has 2 aromatic rings. The third-order valence-electron chi connectivity index (χ3n) is 2.76. The molecule has 0 radical (unpaired) electrons. The minimum absolute atomic E-state index is 0.121. The van der Waals surface area contributed by atoms with E-state index in [0.29, 0.717) is 6.54 Å². The second-order valence-electron chi connectivity index (χ2n) is 4.04. The molecule has 0 aliphatic rings. The predicted molar refractivity (Wildman–Crippen MR) is 71.6 cm³/mol. The van der Waals surface area contributed by atoms with Crippen LogP contribution in [0.5, 0.6) is 5.75 Å². The molecule has 0 unspecified atom stereocenters. The predicted octanol–water partition coefficient (Wildman–Crippen LogP) is 1.86. The number of carbonyl (C=O) groups is 1. The molecule has 7 heteroatoms. The smallest absolute Gasteiger partial charge is 0.273 e. The van der Waals surface area contributed by atoms with Crippen LogP contribution in [0.15, 0.2) is 36.7 Å². The Morgan fingerprint density at radius 2 is 2.25 bits per heavy atom. The highest BCUT2D eigenvalue weighted by Crippen LogP contribution is 2.24. The molecule has 0 aliphatic carbocycles. The number of nitrogens with zero attached hydrogens (tertiary/aromatic N) is 1. The second-order valence-corrected chi connectivity index (χ2v) is 4.04. The molecule has 1 heterocycles. The Morgan fingerprint density at radius 1 is 1.45 bits per heavy atom. The number of rotatable bonds is 5. The van der Waals surface area contributed by atoms with Crippen LogP contribution in [0, 0.1) is 10.1 Å². The van der Waals surface area contributed by atoms with Crippen molar-refractivity contribution in [3.63, 3.8) is 0 Å². The molecule has 0 atom stereocenters. The summed E-state index contributed by atoms with van der Waals surface area (Å²) in [5.74, 6) is -0.177. The summed E-state index contributed by atoms with van der Waals surface area (Å²) in [6.45, 7) is 0.364. The van der Waals surface area contributed by atoms with E-state index in [9.17, 15) is 14.9 Å². The zero-order valence-electron chi connectivity index (χ0n) is 10.8. The number of aromatic amines is 1. The van der Waals surface area contributed by atoms with Gasteiger partial charge < -0.3 is 15.0 Å². The van der Waals surface area contributed by atoms with Gasteiger partial charge in [-0.1, -0.05) is 0 Å². The SMILES string of the molecule is COc1cc([N+](=O)[O-])ccc1C(=O)NCc1cc[nH]c1. The van der Waals surface area contributed by atoms with Gasteiger partial charge in [-0.25, -0.2) is 0 Å². The number of carbonyl (C=O) groups excluding carboxylic acids is 1. The van der Waals surface area contributed by atoms with Crippen molar-refractivity contribution in [2.75, 3.05) is 7.11 Å². The van der Waals surface area contributed by atoms with Crippen molar-refractivity contribution in [1.82, 2.24) is 10.3 Å².